The van der Waals surface area contributed by atoms with Crippen LogP contribution < -0.4 is 4.90 Å². The minimum Gasteiger partial charge on any atom is -0.328 e. The van der Waals surface area contributed by atoms with E-state index in [4.69, 9.17) is 0 Å². The van der Waals surface area contributed by atoms with E-state index >= 15 is 0 Å². The molecule has 6 nitrogen and oxygen atoms in total. The summed E-state index contributed by atoms with van der Waals surface area (Å²) >= 11 is 0. The zero-order chi connectivity index (χ0) is 18.9. The molecule has 0 aliphatic carbocycles. The summed E-state index contributed by atoms with van der Waals surface area (Å²) in [6.07, 6.45) is 0. The number of aryl methyl sites for hydroxylation is 1. The summed E-state index contributed by atoms with van der Waals surface area (Å²) in [6, 6.07) is 17.1. The Kier molecular flexibility index (Phi) is 4.33. The zero-order valence-electron chi connectivity index (χ0n) is 14.1. The smallest absolute Gasteiger partial charge is 0.284 e. The van der Waals surface area contributed by atoms with E-state index in [0.29, 0.717) is 11.3 Å². The Bertz CT molecular complexity index is 1120. The standard InChI is InChI=1S/C19H14N4O2S/c1-13-7-9-15(10-8-13)26(24,25)22-19-18(14(11-20)12-21)16-5-3-4-6-17(16)23(19)2/h3-10H,1-2H3/b22-19-. The molecule has 0 bridgehead atoms. The first-order chi connectivity index (χ1) is 12.4. The van der Waals surface area contributed by atoms with Gasteiger partial charge in [-0.05, 0) is 25.1 Å². The van der Waals surface area contributed by atoms with Crippen LogP contribution in [0.5, 0.6) is 0 Å². The average Bonchev–Trinajstić information content (AvgIpc) is 2.89. The van der Waals surface area contributed by atoms with Crippen LogP contribution in [0.15, 0.2) is 63.4 Å². The topological polar surface area (TPSA) is 97.3 Å². The van der Waals surface area contributed by atoms with E-state index in [2.05, 4.69) is 4.40 Å². The predicted molar refractivity (Wildman–Crippen MR) is 98.8 cm³/mol. The van der Waals surface area contributed by atoms with Gasteiger partial charge in [0.1, 0.15) is 17.7 Å². The third kappa shape index (κ3) is 2.85. The van der Waals surface area contributed by atoms with Gasteiger partial charge in [0.25, 0.3) is 10.0 Å². The van der Waals surface area contributed by atoms with Crippen LogP contribution in [0.25, 0.3) is 5.57 Å². The Morgan fingerprint density at radius 1 is 1.04 bits per heavy atom. The van der Waals surface area contributed by atoms with Crippen molar-refractivity contribution in [3.63, 3.8) is 0 Å². The van der Waals surface area contributed by atoms with E-state index in [1.807, 2.05) is 19.1 Å². The number of para-hydroxylation sites is 1. The van der Waals surface area contributed by atoms with Crippen LogP contribution in [0, 0.1) is 29.6 Å². The van der Waals surface area contributed by atoms with Crippen molar-refractivity contribution >= 4 is 27.1 Å². The number of hydrogen-bond acceptors (Lipinski definition) is 4. The van der Waals surface area contributed by atoms with Crippen molar-refractivity contribution < 1.29 is 8.42 Å². The number of rotatable bonds is 2. The summed E-state index contributed by atoms with van der Waals surface area (Å²) in [6.45, 7) is 1.86. The van der Waals surface area contributed by atoms with Crippen molar-refractivity contribution in [2.45, 2.75) is 11.8 Å². The van der Waals surface area contributed by atoms with Crippen LogP contribution in [0.1, 0.15) is 11.1 Å². The van der Waals surface area contributed by atoms with Crippen molar-refractivity contribution in [2.24, 2.45) is 4.40 Å². The predicted octanol–water partition coefficient (Wildman–Crippen LogP) is 3.03. The van der Waals surface area contributed by atoms with Gasteiger partial charge in [-0.15, -0.1) is 4.40 Å². The largest absolute Gasteiger partial charge is 0.328 e. The molecule has 0 fully saturated rings. The number of allylic oxidation sites excluding steroid dienone is 1. The molecule has 0 atom stereocenters. The molecule has 0 aromatic heterocycles. The Balaban J connectivity index is 2.25. The third-order valence-corrected chi connectivity index (χ3v) is 5.36. The molecular weight excluding hydrogens is 348 g/mol. The number of amidine groups is 1. The van der Waals surface area contributed by atoms with E-state index in [1.54, 1.807) is 48.3 Å². The molecule has 0 N–H and O–H groups in total. The molecule has 0 saturated heterocycles. The van der Waals surface area contributed by atoms with E-state index < -0.39 is 10.0 Å². The van der Waals surface area contributed by atoms with Crippen LogP contribution >= 0.6 is 0 Å². The highest BCUT2D eigenvalue weighted by Gasteiger charge is 2.32. The lowest BCUT2D eigenvalue weighted by Crippen LogP contribution is -2.23. The molecule has 0 amide bonds. The lowest BCUT2D eigenvalue weighted by molar-refractivity contribution is 0.598. The van der Waals surface area contributed by atoms with Crippen LogP contribution in [0.4, 0.5) is 5.69 Å². The van der Waals surface area contributed by atoms with E-state index in [9.17, 15) is 18.9 Å². The van der Waals surface area contributed by atoms with Crippen LogP contribution in [0.2, 0.25) is 0 Å². The minimum atomic E-state index is -4.00. The zero-order valence-corrected chi connectivity index (χ0v) is 14.9. The van der Waals surface area contributed by atoms with E-state index in [-0.39, 0.29) is 21.9 Å². The molecule has 1 heterocycles. The van der Waals surface area contributed by atoms with E-state index in [1.165, 1.54) is 12.1 Å². The monoisotopic (exact) mass is 362 g/mol. The molecule has 0 saturated carbocycles. The number of sulfonamides is 1. The summed E-state index contributed by atoms with van der Waals surface area (Å²) in [4.78, 5) is 1.63. The molecule has 26 heavy (non-hydrogen) atoms. The second-order valence-electron chi connectivity index (χ2n) is 5.75. The molecule has 7 heteroatoms. The maximum Gasteiger partial charge on any atom is 0.284 e. The summed E-state index contributed by atoms with van der Waals surface area (Å²) in [7, 11) is -2.35. The molecule has 3 rings (SSSR count). The van der Waals surface area contributed by atoms with Gasteiger partial charge in [0, 0.05) is 12.6 Å². The Hall–Kier alpha value is -3.42. The van der Waals surface area contributed by atoms with Gasteiger partial charge < -0.3 is 4.90 Å². The van der Waals surface area contributed by atoms with Crippen molar-refractivity contribution in [1.29, 1.82) is 10.5 Å². The molecular formula is C19H14N4O2S. The number of nitrogens with zero attached hydrogens (tertiary/aromatic N) is 4. The third-order valence-electron chi connectivity index (χ3n) is 4.08. The molecule has 0 spiro atoms. The number of fused-ring (bicyclic) bond motifs is 1. The Morgan fingerprint density at radius 3 is 2.27 bits per heavy atom. The van der Waals surface area contributed by atoms with Crippen LogP contribution in [-0.2, 0) is 10.0 Å². The summed E-state index contributed by atoms with van der Waals surface area (Å²) in [5.41, 5.74) is 2.26. The van der Waals surface area contributed by atoms with E-state index in [0.717, 1.165) is 5.56 Å². The lowest BCUT2D eigenvalue weighted by Gasteiger charge is -2.13. The van der Waals surface area contributed by atoms with Gasteiger partial charge in [0.15, 0.2) is 5.84 Å². The summed E-state index contributed by atoms with van der Waals surface area (Å²) < 4.78 is 29.4. The van der Waals surface area contributed by atoms with Crippen molar-refractivity contribution in [1.82, 2.24) is 0 Å². The quantitative estimate of drug-likeness (QED) is 0.765. The van der Waals surface area contributed by atoms with Crippen molar-refractivity contribution in [3.8, 4) is 12.1 Å². The van der Waals surface area contributed by atoms with Crippen molar-refractivity contribution in [3.05, 3.63) is 65.2 Å². The number of hydrogen-bond donors (Lipinski definition) is 0. The van der Waals surface area contributed by atoms with Gasteiger partial charge in [0.05, 0.1) is 16.2 Å². The number of benzene rings is 2. The van der Waals surface area contributed by atoms with Crippen LogP contribution in [0.3, 0.4) is 0 Å². The molecule has 2 aromatic carbocycles. The number of anilines is 1. The summed E-state index contributed by atoms with van der Waals surface area (Å²) in [5, 5.41) is 18.6. The second kappa shape index (κ2) is 6.47. The molecule has 2 aromatic rings. The fraction of sp³-hybridized carbons (Fsp3) is 0.105. The van der Waals surface area contributed by atoms with Gasteiger partial charge in [-0.25, -0.2) is 0 Å². The molecule has 0 unspecified atom stereocenters. The Labute approximate surface area is 152 Å². The first-order valence-corrected chi connectivity index (χ1v) is 9.12. The molecule has 1 aliphatic heterocycles. The average molecular weight is 362 g/mol. The fourth-order valence-corrected chi connectivity index (χ4v) is 3.77. The normalized spacial score (nSPS) is 14.7. The van der Waals surface area contributed by atoms with Gasteiger partial charge in [0.2, 0.25) is 0 Å². The maximum atomic E-state index is 12.7. The number of nitriles is 2. The maximum absolute atomic E-state index is 12.7. The Morgan fingerprint density at radius 2 is 1.65 bits per heavy atom. The number of likely N-dealkylation sites (N-methyl/N-ethyl adjacent to an activating group) is 1. The summed E-state index contributed by atoms with van der Waals surface area (Å²) in [5.74, 6) is 0.0601. The fourth-order valence-electron chi connectivity index (χ4n) is 2.75. The lowest BCUT2D eigenvalue weighted by atomic mass is 10.0. The van der Waals surface area contributed by atoms with Gasteiger partial charge in [-0.1, -0.05) is 35.9 Å². The first-order valence-electron chi connectivity index (χ1n) is 7.68. The highest BCUT2D eigenvalue weighted by atomic mass is 32.2. The minimum absolute atomic E-state index is 0.0507. The molecule has 1 aliphatic rings. The van der Waals surface area contributed by atoms with Crippen LogP contribution in [-0.4, -0.2) is 21.3 Å². The van der Waals surface area contributed by atoms with Crippen molar-refractivity contribution in [2.75, 3.05) is 11.9 Å². The molecule has 128 valence electrons. The SMILES string of the molecule is Cc1ccc(S(=O)(=O)/N=C2/C(=C(C#N)C#N)c3ccccc3N2C)cc1. The highest BCUT2D eigenvalue weighted by Crippen LogP contribution is 2.38. The van der Waals surface area contributed by atoms with Gasteiger partial charge >= 0.3 is 0 Å². The molecule has 0 radical (unpaired) electrons. The second-order valence-corrected chi connectivity index (χ2v) is 7.36. The van der Waals surface area contributed by atoms with Gasteiger partial charge in [-0.3, -0.25) is 0 Å². The van der Waals surface area contributed by atoms with Gasteiger partial charge in [-0.2, -0.15) is 18.9 Å². The first kappa shape index (κ1) is 17.4. The highest BCUT2D eigenvalue weighted by molar-refractivity contribution is 7.90.